The van der Waals surface area contributed by atoms with Crippen LogP contribution in [0.4, 0.5) is 14.9 Å². The number of amides is 1. The summed E-state index contributed by atoms with van der Waals surface area (Å²) in [5.41, 5.74) is 0.541. The second-order valence-corrected chi connectivity index (χ2v) is 5.27. The summed E-state index contributed by atoms with van der Waals surface area (Å²) >= 11 is 0. The van der Waals surface area contributed by atoms with E-state index in [0.717, 1.165) is 6.42 Å². The van der Waals surface area contributed by atoms with Crippen molar-refractivity contribution in [2.75, 3.05) is 11.9 Å². The van der Waals surface area contributed by atoms with E-state index in [9.17, 15) is 9.18 Å². The molecule has 0 radical (unpaired) electrons. The lowest BCUT2D eigenvalue weighted by molar-refractivity contribution is 0.134. The van der Waals surface area contributed by atoms with Gasteiger partial charge in [-0.1, -0.05) is 12.2 Å². The number of hydrogen-bond acceptors (Lipinski definition) is 2. The summed E-state index contributed by atoms with van der Waals surface area (Å²) in [6, 6.07) is 5.63. The molecular weight excluding hydrogens is 245 g/mol. The van der Waals surface area contributed by atoms with Crippen LogP contribution in [-0.2, 0) is 4.74 Å². The first-order valence-electron chi connectivity index (χ1n) is 6.58. The van der Waals surface area contributed by atoms with E-state index in [1.807, 2.05) is 0 Å². The number of carbonyl (C=O) groups excluding carboxylic acids is 1. The predicted molar refractivity (Wildman–Crippen MR) is 70.2 cm³/mol. The molecule has 3 atom stereocenters. The van der Waals surface area contributed by atoms with Crippen molar-refractivity contribution in [3.63, 3.8) is 0 Å². The average molecular weight is 261 g/mol. The summed E-state index contributed by atoms with van der Waals surface area (Å²) in [6.45, 7) is 0.457. The molecule has 3 rings (SSSR count). The van der Waals surface area contributed by atoms with Gasteiger partial charge < -0.3 is 4.74 Å². The van der Waals surface area contributed by atoms with Crippen LogP contribution in [0.3, 0.4) is 0 Å². The highest BCUT2D eigenvalue weighted by molar-refractivity contribution is 5.84. The van der Waals surface area contributed by atoms with Crippen molar-refractivity contribution in [3.8, 4) is 0 Å². The molecule has 1 fully saturated rings. The first kappa shape index (κ1) is 12.2. The predicted octanol–water partition coefficient (Wildman–Crippen LogP) is 3.59. The lowest BCUT2D eigenvalue weighted by Gasteiger charge is -2.17. The SMILES string of the molecule is O=C(Nc1ccc(F)cc1)OC[C@@H]1C[C@@H]2C=C[C@H]1C2. The summed E-state index contributed by atoms with van der Waals surface area (Å²) < 4.78 is 17.9. The Morgan fingerprint density at radius 2 is 2.05 bits per heavy atom. The largest absolute Gasteiger partial charge is 0.449 e. The Balaban J connectivity index is 1.47. The van der Waals surface area contributed by atoms with E-state index < -0.39 is 6.09 Å². The summed E-state index contributed by atoms with van der Waals surface area (Å²) in [5, 5.41) is 2.59. The molecule has 0 aromatic heterocycles. The van der Waals surface area contributed by atoms with Gasteiger partial charge in [0.15, 0.2) is 0 Å². The Labute approximate surface area is 111 Å². The topological polar surface area (TPSA) is 38.3 Å². The lowest BCUT2D eigenvalue weighted by Crippen LogP contribution is -2.21. The monoisotopic (exact) mass is 261 g/mol. The summed E-state index contributed by atoms with van der Waals surface area (Å²) in [6.07, 6.45) is 6.34. The van der Waals surface area contributed by atoms with Gasteiger partial charge in [-0.25, -0.2) is 9.18 Å². The third-order valence-electron chi connectivity index (χ3n) is 3.94. The van der Waals surface area contributed by atoms with Crippen LogP contribution in [-0.4, -0.2) is 12.7 Å². The van der Waals surface area contributed by atoms with Crippen LogP contribution < -0.4 is 5.32 Å². The van der Waals surface area contributed by atoms with Gasteiger partial charge in [-0.15, -0.1) is 0 Å². The van der Waals surface area contributed by atoms with E-state index in [0.29, 0.717) is 30.0 Å². The van der Waals surface area contributed by atoms with Crippen molar-refractivity contribution in [2.45, 2.75) is 12.8 Å². The van der Waals surface area contributed by atoms with Crippen molar-refractivity contribution in [1.29, 1.82) is 0 Å². The van der Waals surface area contributed by atoms with Gasteiger partial charge in [0.2, 0.25) is 0 Å². The third kappa shape index (κ3) is 2.78. The molecule has 1 aromatic carbocycles. The van der Waals surface area contributed by atoms with E-state index in [4.69, 9.17) is 4.74 Å². The van der Waals surface area contributed by atoms with Gasteiger partial charge in [-0.3, -0.25) is 5.32 Å². The molecule has 4 heteroatoms. The molecule has 0 spiro atoms. The Morgan fingerprint density at radius 1 is 1.26 bits per heavy atom. The zero-order chi connectivity index (χ0) is 13.2. The zero-order valence-corrected chi connectivity index (χ0v) is 10.5. The van der Waals surface area contributed by atoms with E-state index in [1.165, 1.54) is 30.7 Å². The number of ether oxygens (including phenoxy) is 1. The number of rotatable bonds is 3. The average Bonchev–Trinajstić information content (AvgIpc) is 3.01. The second-order valence-electron chi connectivity index (χ2n) is 5.27. The molecule has 1 amide bonds. The molecule has 0 unspecified atom stereocenters. The molecule has 100 valence electrons. The molecule has 2 bridgehead atoms. The minimum absolute atomic E-state index is 0.326. The number of benzene rings is 1. The Morgan fingerprint density at radius 3 is 2.68 bits per heavy atom. The highest BCUT2D eigenvalue weighted by Gasteiger charge is 2.36. The minimum atomic E-state index is -0.474. The van der Waals surface area contributed by atoms with Crippen LogP contribution in [0.2, 0.25) is 0 Å². The number of halogens is 1. The smallest absolute Gasteiger partial charge is 0.411 e. The van der Waals surface area contributed by atoms with Gasteiger partial charge in [0, 0.05) is 11.6 Å². The Bertz CT molecular complexity index is 497. The first-order chi connectivity index (χ1) is 9.20. The Hall–Kier alpha value is -1.84. The van der Waals surface area contributed by atoms with E-state index in [-0.39, 0.29) is 5.82 Å². The molecule has 0 aliphatic heterocycles. The Kier molecular flexibility index (Phi) is 3.23. The molecule has 1 saturated carbocycles. The van der Waals surface area contributed by atoms with Crippen molar-refractivity contribution < 1.29 is 13.9 Å². The highest BCUT2D eigenvalue weighted by Crippen LogP contribution is 2.43. The van der Waals surface area contributed by atoms with Gasteiger partial charge in [0.25, 0.3) is 0 Å². The molecular formula is C15H16FNO2. The maximum Gasteiger partial charge on any atom is 0.411 e. The van der Waals surface area contributed by atoms with Crippen molar-refractivity contribution >= 4 is 11.8 Å². The number of carbonyl (C=O) groups is 1. The molecule has 19 heavy (non-hydrogen) atoms. The van der Waals surface area contributed by atoms with Gasteiger partial charge in [0.05, 0.1) is 6.61 Å². The fourth-order valence-electron chi connectivity index (χ4n) is 2.96. The third-order valence-corrected chi connectivity index (χ3v) is 3.94. The molecule has 2 aliphatic rings. The quantitative estimate of drug-likeness (QED) is 0.844. The molecule has 1 N–H and O–H groups in total. The molecule has 3 nitrogen and oxygen atoms in total. The van der Waals surface area contributed by atoms with E-state index in [1.54, 1.807) is 0 Å². The van der Waals surface area contributed by atoms with Crippen LogP contribution in [0, 0.1) is 23.6 Å². The number of allylic oxidation sites excluding steroid dienone is 2. The van der Waals surface area contributed by atoms with Crippen LogP contribution in [0.15, 0.2) is 36.4 Å². The highest BCUT2D eigenvalue weighted by atomic mass is 19.1. The lowest BCUT2D eigenvalue weighted by atomic mass is 9.95. The number of nitrogens with one attached hydrogen (secondary N) is 1. The van der Waals surface area contributed by atoms with E-state index in [2.05, 4.69) is 17.5 Å². The van der Waals surface area contributed by atoms with Crippen LogP contribution >= 0.6 is 0 Å². The molecule has 0 saturated heterocycles. The molecule has 0 heterocycles. The van der Waals surface area contributed by atoms with E-state index >= 15 is 0 Å². The van der Waals surface area contributed by atoms with Gasteiger partial charge in [-0.2, -0.15) is 0 Å². The van der Waals surface area contributed by atoms with Gasteiger partial charge >= 0.3 is 6.09 Å². The molecule has 2 aliphatic carbocycles. The maximum atomic E-state index is 12.7. The second kappa shape index (κ2) is 5.03. The van der Waals surface area contributed by atoms with Crippen molar-refractivity contribution in [1.82, 2.24) is 0 Å². The van der Waals surface area contributed by atoms with Crippen LogP contribution in [0.5, 0.6) is 0 Å². The van der Waals surface area contributed by atoms with Crippen LogP contribution in [0.1, 0.15) is 12.8 Å². The summed E-state index contributed by atoms with van der Waals surface area (Å²) in [7, 11) is 0. The number of anilines is 1. The van der Waals surface area contributed by atoms with Crippen molar-refractivity contribution in [3.05, 3.63) is 42.2 Å². The van der Waals surface area contributed by atoms with Crippen molar-refractivity contribution in [2.24, 2.45) is 17.8 Å². The first-order valence-corrected chi connectivity index (χ1v) is 6.58. The van der Waals surface area contributed by atoms with Gasteiger partial charge in [0.1, 0.15) is 5.82 Å². The zero-order valence-electron chi connectivity index (χ0n) is 10.5. The van der Waals surface area contributed by atoms with Crippen LogP contribution in [0.25, 0.3) is 0 Å². The number of fused-ring (bicyclic) bond motifs is 2. The summed E-state index contributed by atoms with van der Waals surface area (Å²) in [4.78, 5) is 11.6. The fourth-order valence-corrected chi connectivity index (χ4v) is 2.96. The number of hydrogen-bond donors (Lipinski definition) is 1. The molecule has 1 aromatic rings. The fraction of sp³-hybridized carbons (Fsp3) is 0.400. The maximum absolute atomic E-state index is 12.7. The summed E-state index contributed by atoms with van der Waals surface area (Å²) in [5.74, 6) is 1.38. The standard InChI is InChI=1S/C15H16FNO2/c16-13-3-5-14(6-4-13)17-15(18)19-9-12-8-10-1-2-11(12)7-10/h1-6,10-12H,7-9H2,(H,17,18)/t10-,11+,12+/m1/s1. The normalized spacial score (nSPS) is 27.5. The minimum Gasteiger partial charge on any atom is -0.449 e. The van der Waals surface area contributed by atoms with Gasteiger partial charge in [-0.05, 0) is 48.9 Å².